The Morgan fingerprint density at radius 1 is 1.31 bits per heavy atom. The first-order chi connectivity index (χ1) is 7.72. The van der Waals surface area contributed by atoms with Crippen molar-refractivity contribution in [2.24, 2.45) is 0 Å². The van der Waals surface area contributed by atoms with Crippen LogP contribution in [-0.4, -0.2) is 0 Å². The zero-order valence-electron chi connectivity index (χ0n) is 9.22. The van der Waals surface area contributed by atoms with E-state index in [-0.39, 0.29) is 5.82 Å². The van der Waals surface area contributed by atoms with Crippen molar-refractivity contribution in [1.82, 2.24) is 0 Å². The monoisotopic (exact) mass is 284 g/mol. The van der Waals surface area contributed by atoms with Crippen LogP contribution in [0.5, 0.6) is 0 Å². The third-order valence-electron chi connectivity index (χ3n) is 2.72. The highest BCUT2D eigenvalue weighted by molar-refractivity contribution is 9.10. The van der Waals surface area contributed by atoms with Crippen LogP contribution < -0.4 is 0 Å². The molecule has 2 aromatic rings. The van der Waals surface area contributed by atoms with Gasteiger partial charge in [-0.1, -0.05) is 19.8 Å². The summed E-state index contributed by atoms with van der Waals surface area (Å²) in [6.45, 7) is 2.17. The molecule has 1 aromatic heterocycles. The van der Waals surface area contributed by atoms with Crippen molar-refractivity contribution < 1.29 is 8.81 Å². The maximum absolute atomic E-state index is 13.3. The number of aryl methyl sites for hydroxylation is 1. The Bertz CT molecular complexity index is 490. The number of benzene rings is 1. The van der Waals surface area contributed by atoms with E-state index in [9.17, 15) is 4.39 Å². The van der Waals surface area contributed by atoms with Gasteiger partial charge in [-0.25, -0.2) is 4.39 Å². The van der Waals surface area contributed by atoms with E-state index < -0.39 is 0 Å². The van der Waals surface area contributed by atoms with Crippen molar-refractivity contribution in [1.29, 1.82) is 0 Å². The largest absolute Gasteiger partial charge is 0.463 e. The Balaban J connectivity index is 2.32. The van der Waals surface area contributed by atoms with Crippen LogP contribution in [-0.2, 0) is 6.42 Å². The average Bonchev–Trinajstić information content (AvgIpc) is 2.62. The predicted octanol–water partition coefficient (Wildman–Crippen LogP) is 5.07. The quantitative estimate of drug-likeness (QED) is 0.715. The number of hydrogen-bond acceptors (Lipinski definition) is 1. The van der Waals surface area contributed by atoms with Crippen LogP contribution in [0, 0.1) is 5.82 Å². The molecule has 86 valence electrons. The van der Waals surface area contributed by atoms with E-state index in [0.29, 0.717) is 4.47 Å². The standard InChI is InChI=1S/C13H14BrFO/c1-2-3-4-5-9-8-16-13-11(9)6-10(15)7-12(13)14/h6-8H,2-5H2,1H3. The fourth-order valence-electron chi connectivity index (χ4n) is 1.87. The van der Waals surface area contributed by atoms with Gasteiger partial charge in [0.15, 0.2) is 0 Å². The minimum atomic E-state index is -0.225. The van der Waals surface area contributed by atoms with Crippen molar-refractivity contribution in [3.63, 3.8) is 0 Å². The predicted molar refractivity (Wildman–Crippen MR) is 67.1 cm³/mol. The summed E-state index contributed by atoms with van der Waals surface area (Å²) in [6, 6.07) is 2.98. The summed E-state index contributed by atoms with van der Waals surface area (Å²) in [5.74, 6) is -0.225. The number of furan rings is 1. The van der Waals surface area contributed by atoms with Gasteiger partial charge in [-0.2, -0.15) is 0 Å². The molecule has 0 spiro atoms. The van der Waals surface area contributed by atoms with E-state index in [4.69, 9.17) is 4.42 Å². The fraction of sp³-hybridized carbons (Fsp3) is 0.385. The Morgan fingerprint density at radius 2 is 2.12 bits per heavy atom. The summed E-state index contributed by atoms with van der Waals surface area (Å²) < 4.78 is 19.4. The highest BCUT2D eigenvalue weighted by atomic mass is 79.9. The first-order valence-electron chi connectivity index (χ1n) is 5.57. The van der Waals surface area contributed by atoms with Crippen LogP contribution in [0.25, 0.3) is 11.0 Å². The molecule has 0 radical (unpaired) electrons. The lowest BCUT2D eigenvalue weighted by molar-refractivity contribution is 0.601. The molecular weight excluding hydrogens is 271 g/mol. The second-order valence-corrected chi connectivity index (χ2v) is 4.84. The van der Waals surface area contributed by atoms with E-state index in [0.717, 1.165) is 29.4 Å². The van der Waals surface area contributed by atoms with E-state index >= 15 is 0 Å². The number of halogens is 2. The second-order valence-electron chi connectivity index (χ2n) is 3.98. The molecule has 0 fully saturated rings. The van der Waals surface area contributed by atoms with Crippen LogP contribution in [0.4, 0.5) is 4.39 Å². The summed E-state index contributed by atoms with van der Waals surface area (Å²) in [7, 11) is 0. The van der Waals surface area contributed by atoms with E-state index in [1.165, 1.54) is 18.9 Å². The number of unbranched alkanes of at least 4 members (excludes halogenated alkanes) is 2. The fourth-order valence-corrected chi connectivity index (χ4v) is 2.40. The van der Waals surface area contributed by atoms with Crippen molar-refractivity contribution >= 4 is 26.9 Å². The van der Waals surface area contributed by atoms with Crippen molar-refractivity contribution in [2.75, 3.05) is 0 Å². The van der Waals surface area contributed by atoms with Gasteiger partial charge in [0.25, 0.3) is 0 Å². The molecule has 0 N–H and O–H groups in total. The highest BCUT2D eigenvalue weighted by Gasteiger charge is 2.10. The molecule has 0 atom stereocenters. The maximum atomic E-state index is 13.3. The van der Waals surface area contributed by atoms with Gasteiger partial charge in [0.1, 0.15) is 11.4 Å². The topological polar surface area (TPSA) is 13.1 Å². The molecule has 0 bridgehead atoms. The molecule has 0 saturated heterocycles. The maximum Gasteiger partial charge on any atom is 0.148 e. The van der Waals surface area contributed by atoms with Crippen LogP contribution in [0.15, 0.2) is 27.3 Å². The molecule has 0 aliphatic rings. The molecule has 1 heterocycles. The molecule has 2 rings (SSSR count). The Morgan fingerprint density at radius 3 is 2.88 bits per heavy atom. The molecule has 0 amide bonds. The second kappa shape index (κ2) is 5.00. The van der Waals surface area contributed by atoms with Gasteiger partial charge in [-0.15, -0.1) is 0 Å². The van der Waals surface area contributed by atoms with Gasteiger partial charge in [0, 0.05) is 5.39 Å². The highest BCUT2D eigenvalue weighted by Crippen LogP contribution is 2.30. The molecule has 0 aliphatic carbocycles. The van der Waals surface area contributed by atoms with E-state index in [1.807, 2.05) is 0 Å². The van der Waals surface area contributed by atoms with Crippen molar-refractivity contribution in [3.8, 4) is 0 Å². The summed E-state index contributed by atoms with van der Waals surface area (Å²) in [4.78, 5) is 0. The van der Waals surface area contributed by atoms with E-state index in [1.54, 1.807) is 12.3 Å². The first-order valence-corrected chi connectivity index (χ1v) is 6.36. The zero-order chi connectivity index (χ0) is 11.5. The Hall–Kier alpha value is -0.830. The van der Waals surface area contributed by atoms with Crippen LogP contribution in [0.3, 0.4) is 0 Å². The molecule has 0 saturated carbocycles. The first kappa shape index (κ1) is 11.6. The van der Waals surface area contributed by atoms with Gasteiger partial charge >= 0.3 is 0 Å². The molecule has 1 nitrogen and oxygen atoms in total. The lowest BCUT2D eigenvalue weighted by Gasteiger charge is -1.98. The van der Waals surface area contributed by atoms with Gasteiger partial charge in [0.2, 0.25) is 0 Å². The Kier molecular flexibility index (Phi) is 3.64. The SMILES string of the molecule is CCCCCc1coc2c(Br)cc(F)cc12. The summed E-state index contributed by atoms with van der Waals surface area (Å²) >= 11 is 3.31. The molecular formula is C13H14BrFO. The van der Waals surface area contributed by atoms with Crippen LogP contribution in [0.1, 0.15) is 31.7 Å². The Labute approximate surface area is 103 Å². The molecule has 3 heteroatoms. The smallest absolute Gasteiger partial charge is 0.148 e. The molecule has 16 heavy (non-hydrogen) atoms. The lowest BCUT2D eigenvalue weighted by Crippen LogP contribution is -1.84. The minimum Gasteiger partial charge on any atom is -0.463 e. The molecule has 0 unspecified atom stereocenters. The van der Waals surface area contributed by atoms with E-state index in [2.05, 4.69) is 22.9 Å². The third-order valence-corrected chi connectivity index (χ3v) is 3.31. The van der Waals surface area contributed by atoms with Gasteiger partial charge in [-0.05, 0) is 46.5 Å². The summed E-state index contributed by atoms with van der Waals surface area (Å²) in [5.41, 5.74) is 1.84. The van der Waals surface area contributed by atoms with Crippen LogP contribution >= 0.6 is 15.9 Å². The number of hydrogen-bond donors (Lipinski definition) is 0. The minimum absolute atomic E-state index is 0.225. The van der Waals surface area contributed by atoms with Gasteiger partial charge in [-0.3, -0.25) is 0 Å². The van der Waals surface area contributed by atoms with Crippen LogP contribution in [0.2, 0.25) is 0 Å². The van der Waals surface area contributed by atoms with Crippen molar-refractivity contribution in [3.05, 3.63) is 34.2 Å². The third kappa shape index (κ3) is 2.29. The van der Waals surface area contributed by atoms with Crippen molar-refractivity contribution in [2.45, 2.75) is 32.6 Å². The normalized spacial score (nSPS) is 11.2. The average molecular weight is 285 g/mol. The molecule has 1 aromatic carbocycles. The summed E-state index contributed by atoms with van der Waals surface area (Å²) in [5, 5.41) is 0.892. The lowest BCUT2D eigenvalue weighted by atomic mass is 10.1. The number of rotatable bonds is 4. The van der Waals surface area contributed by atoms with Gasteiger partial charge < -0.3 is 4.42 Å². The number of fused-ring (bicyclic) bond motifs is 1. The molecule has 0 aliphatic heterocycles. The van der Waals surface area contributed by atoms with Gasteiger partial charge in [0.05, 0.1) is 10.7 Å². The zero-order valence-corrected chi connectivity index (χ0v) is 10.8. The summed E-state index contributed by atoms with van der Waals surface area (Å²) in [6.07, 6.45) is 6.21.